The molecule has 1 heterocycles. The van der Waals surface area contributed by atoms with E-state index in [4.69, 9.17) is 9.15 Å². The van der Waals surface area contributed by atoms with Gasteiger partial charge in [-0.05, 0) is 44.5 Å². The molecule has 10 heteroatoms. The van der Waals surface area contributed by atoms with Gasteiger partial charge in [-0.3, -0.25) is 10.1 Å². The first kappa shape index (κ1) is 20.7. The van der Waals surface area contributed by atoms with E-state index in [1.807, 2.05) is 13.8 Å². The molecule has 3 amide bonds. The van der Waals surface area contributed by atoms with Gasteiger partial charge in [0.15, 0.2) is 6.10 Å². The van der Waals surface area contributed by atoms with Crippen molar-refractivity contribution in [3.05, 3.63) is 36.0 Å². The Morgan fingerprint density at radius 1 is 1.26 bits per heavy atom. The zero-order valence-corrected chi connectivity index (χ0v) is 16.0. The van der Waals surface area contributed by atoms with Crippen LogP contribution in [-0.2, 0) is 4.79 Å². The van der Waals surface area contributed by atoms with Crippen molar-refractivity contribution in [2.24, 2.45) is 0 Å². The van der Waals surface area contributed by atoms with E-state index in [9.17, 15) is 14.0 Å². The van der Waals surface area contributed by atoms with Crippen LogP contribution >= 0.6 is 11.8 Å². The highest BCUT2D eigenvalue weighted by atomic mass is 32.2. The summed E-state index contributed by atoms with van der Waals surface area (Å²) in [5.74, 6) is -0.207. The van der Waals surface area contributed by atoms with Crippen LogP contribution in [0.15, 0.2) is 33.9 Å². The summed E-state index contributed by atoms with van der Waals surface area (Å²) in [5, 5.41) is 12.7. The lowest BCUT2D eigenvalue weighted by atomic mass is 10.3. The second-order valence-electron chi connectivity index (χ2n) is 5.74. The Morgan fingerprint density at radius 2 is 1.96 bits per heavy atom. The molecule has 2 aromatic rings. The molecule has 0 radical (unpaired) electrons. The Labute approximate surface area is 160 Å². The number of hydrogen-bond donors (Lipinski definition) is 2. The molecule has 2 N–H and O–H groups in total. The quantitative estimate of drug-likeness (QED) is 0.661. The van der Waals surface area contributed by atoms with Crippen molar-refractivity contribution in [1.82, 2.24) is 20.8 Å². The van der Waals surface area contributed by atoms with Gasteiger partial charge in [-0.15, -0.1) is 10.2 Å². The average molecular weight is 396 g/mol. The summed E-state index contributed by atoms with van der Waals surface area (Å²) in [6, 6.07) is 4.99. The van der Waals surface area contributed by atoms with E-state index >= 15 is 0 Å². The monoisotopic (exact) mass is 396 g/mol. The lowest BCUT2D eigenvalue weighted by Crippen LogP contribution is -2.43. The maximum atomic E-state index is 12.9. The number of aromatic nitrogens is 2. The molecule has 0 spiro atoms. The molecule has 1 aromatic carbocycles. The molecule has 146 valence electrons. The number of urea groups is 1. The summed E-state index contributed by atoms with van der Waals surface area (Å²) >= 11 is 1.00. The summed E-state index contributed by atoms with van der Waals surface area (Å²) in [7, 11) is 0. The van der Waals surface area contributed by atoms with Crippen LogP contribution in [0.4, 0.5) is 9.18 Å². The van der Waals surface area contributed by atoms with Gasteiger partial charge in [0, 0.05) is 6.04 Å². The molecule has 0 unspecified atom stereocenters. The molecule has 0 aliphatic heterocycles. The molecule has 2 atom stereocenters. The van der Waals surface area contributed by atoms with Crippen molar-refractivity contribution >= 4 is 23.7 Å². The maximum absolute atomic E-state index is 12.9. The molecule has 2 rings (SSSR count). The third-order valence-electron chi connectivity index (χ3n) is 3.47. The Hall–Kier alpha value is -2.62. The smallest absolute Gasteiger partial charge is 0.321 e. The van der Waals surface area contributed by atoms with Crippen molar-refractivity contribution in [3.63, 3.8) is 0 Å². The van der Waals surface area contributed by atoms with Gasteiger partial charge in [-0.1, -0.05) is 18.7 Å². The molecule has 0 fully saturated rings. The highest BCUT2D eigenvalue weighted by molar-refractivity contribution is 7.99. The number of ether oxygens (including phenoxy) is 1. The van der Waals surface area contributed by atoms with Crippen LogP contribution in [0.3, 0.4) is 0 Å². The molecule has 0 saturated heterocycles. The minimum absolute atomic E-state index is 0.0217. The van der Waals surface area contributed by atoms with Crippen LogP contribution in [0.2, 0.25) is 0 Å². The molecule has 0 aliphatic rings. The van der Waals surface area contributed by atoms with Gasteiger partial charge in [0.25, 0.3) is 11.1 Å². The van der Waals surface area contributed by atoms with Crippen LogP contribution in [0.5, 0.6) is 5.75 Å². The van der Waals surface area contributed by atoms with E-state index in [-0.39, 0.29) is 28.7 Å². The molecule has 0 aliphatic carbocycles. The van der Waals surface area contributed by atoms with E-state index in [0.29, 0.717) is 5.75 Å². The number of rotatable bonds is 8. The normalized spacial score (nSPS) is 12.9. The fourth-order valence-electron chi connectivity index (χ4n) is 1.86. The summed E-state index contributed by atoms with van der Waals surface area (Å²) in [6.07, 6.45) is 0.215. The summed E-state index contributed by atoms with van der Waals surface area (Å²) < 4.78 is 23.9. The van der Waals surface area contributed by atoms with Crippen molar-refractivity contribution in [1.29, 1.82) is 0 Å². The third kappa shape index (κ3) is 6.89. The number of carbonyl (C=O) groups excluding carboxylic acids is 2. The van der Waals surface area contributed by atoms with Crippen molar-refractivity contribution < 1.29 is 23.1 Å². The predicted octanol–water partition coefficient (Wildman–Crippen LogP) is 3.07. The van der Waals surface area contributed by atoms with E-state index in [2.05, 4.69) is 20.8 Å². The number of benzene rings is 1. The Kier molecular flexibility index (Phi) is 7.59. The van der Waals surface area contributed by atoms with E-state index in [1.165, 1.54) is 24.3 Å². The van der Waals surface area contributed by atoms with Crippen molar-refractivity contribution in [2.45, 2.75) is 44.6 Å². The number of nitrogens with zero attached hydrogens (tertiary/aromatic N) is 2. The SMILES string of the molecule is CC[C@H](C)NC(=O)NC(=O)CSc1nnc([C@H](C)Oc2ccc(F)cc2)o1. The van der Waals surface area contributed by atoms with Gasteiger partial charge in [0.1, 0.15) is 11.6 Å². The highest BCUT2D eigenvalue weighted by Crippen LogP contribution is 2.24. The first-order chi connectivity index (χ1) is 12.9. The minimum atomic E-state index is -0.549. The third-order valence-corrected chi connectivity index (χ3v) is 4.28. The topological polar surface area (TPSA) is 106 Å². The first-order valence-electron chi connectivity index (χ1n) is 8.36. The van der Waals surface area contributed by atoms with Crippen LogP contribution in [0.25, 0.3) is 0 Å². The van der Waals surface area contributed by atoms with Gasteiger partial charge >= 0.3 is 6.03 Å². The largest absolute Gasteiger partial charge is 0.481 e. The van der Waals surface area contributed by atoms with E-state index in [0.717, 1.165) is 18.2 Å². The molecule has 27 heavy (non-hydrogen) atoms. The molecule has 1 aromatic heterocycles. The van der Waals surface area contributed by atoms with Crippen LogP contribution < -0.4 is 15.4 Å². The number of imide groups is 1. The minimum Gasteiger partial charge on any atom is -0.481 e. The van der Waals surface area contributed by atoms with Gasteiger partial charge in [0.2, 0.25) is 5.91 Å². The second-order valence-corrected chi connectivity index (χ2v) is 6.67. The van der Waals surface area contributed by atoms with Crippen molar-refractivity contribution in [2.75, 3.05) is 5.75 Å². The Morgan fingerprint density at radius 3 is 2.63 bits per heavy atom. The van der Waals surface area contributed by atoms with Gasteiger partial charge in [-0.25, -0.2) is 9.18 Å². The number of hydrogen-bond acceptors (Lipinski definition) is 7. The molecular formula is C17H21FN4O4S. The second kappa shape index (κ2) is 9.91. The fraction of sp³-hybridized carbons (Fsp3) is 0.412. The van der Waals surface area contributed by atoms with E-state index < -0.39 is 18.0 Å². The zero-order chi connectivity index (χ0) is 19.8. The predicted molar refractivity (Wildman–Crippen MR) is 96.9 cm³/mol. The number of amides is 3. The molecule has 8 nitrogen and oxygen atoms in total. The molecule has 0 saturated carbocycles. The standard InChI is InChI=1S/C17H21FN4O4S/c1-4-10(2)19-16(24)20-14(23)9-27-17-22-21-15(26-17)11(3)25-13-7-5-12(18)6-8-13/h5-8,10-11H,4,9H2,1-3H3,(H2,19,20,23,24)/t10-,11-/m0/s1. The Balaban J connectivity index is 1.80. The lowest BCUT2D eigenvalue weighted by molar-refractivity contribution is -0.117. The molecule has 0 bridgehead atoms. The van der Waals surface area contributed by atoms with Crippen LogP contribution in [-0.4, -0.2) is 33.9 Å². The van der Waals surface area contributed by atoms with Crippen LogP contribution in [0.1, 0.15) is 39.2 Å². The average Bonchev–Trinajstić information content (AvgIpc) is 3.11. The lowest BCUT2D eigenvalue weighted by Gasteiger charge is -2.11. The van der Waals surface area contributed by atoms with E-state index in [1.54, 1.807) is 6.92 Å². The number of thioether (sulfide) groups is 1. The fourth-order valence-corrected chi connectivity index (χ4v) is 2.43. The zero-order valence-electron chi connectivity index (χ0n) is 15.2. The summed E-state index contributed by atoms with van der Waals surface area (Å²) in [6.45, 7) is 5.47. The van der Waals surface area contributed by atoms with Gasteiger partial charge in [0.05, 0.1) is 5.75 Å². The summed E-state index contributed by atoms with van der Waals surface area (Å²) in [4.78, 5) is 23.3. The highest BCUT2D eigenvalue weighted by Gasteiger charge is 2.17. The first-order valence-corrected chi connectivity index (χ1v) is 9.34. The van der Waals surface area contributed by atoms with Gasteiger partial charge in [-0.2, -0.15) is 0 Å². The van der Waals surface area contributed by atoms with Crippen molar-refractivity contribution in [3.8, 4) is 5.75 Å². The Bertz CT molecular complexity index is 769. The summed E-state index contributed by atoms with van der Waals surface area (Å²) in [5.41, 5.74) is 0. The number of carbonyl (C=O) groups is 2. The molecular weight excluding hydrogens is 375 g/mol. The number of halogens is 1. The number of nitrogens with one attached hydrogen (secondary N) is 2. The van der Waals surface area contributed by atoms with Gasteiger partial charge < -0.3 is 14.5 Å². The maximum Gasteiger partial charge on any atom is 0.321 e. The van der Waals surface area contributed by atoms with Crippen LogP contribution in [0, 0.1) is 5.82 Å².